The zero-order chi connectivity index (χ0) is 13.2. The molecule has 0 aromatic carbocycles. The van der Waals surface area contributed by atoms with E-state index in [1.807, 2.05) is 6.92 Å². The van der Waals surface area contributed by atoms with Gasteiger partial charge in [-0.05, 0) is 45.7 Å². The molecule has 0 N–H and O–H groups in total. The molecule has 1 rings (SSSR count). The van der Waals surface area contributed by atoms with Crippen molar-refractivity contribution in [1.29, 1.82) is 0 Å². The van der Waals surface area contributed by atoms with Gasteiger partial charge in [-0.15, -0.1) is 0 Å². The van der Waals surface area contributed by atoms with E-state index in [4.69, 9.17) is 4.74 Å². The van der Waals surface area contributed by atoms with Crippen LogP contribution in [0.4, 0.5) is 0 Å². The van der Waals surface area contributed by atoms with Crippen molar-refractivity contribution in [3.8, 4) is 0 Å². The Morgan fingerprint density at radius 3 is 2.50 bits per heavy atom. The molecule has 0 bridgehead atoms. The summed E-state index contributed by atoms with van der Waals surface area (Å²) in [5.74, 6) is -0.0411. The van der Waals surface area contributed by atoms with E-state index < -0.39 is 0 Å². The standard InChI is InChI=1S/C15H29NO2/c1-3-16(14-10-7-8-11-14)13-9-5-6-12-15(17)18-4-2/h14H,3-13H2,1-2H3. The first-order valence-electron chi connectivity index (χ1n) is 7.67. The molecule has 0 aromatic heterocycles. The van der Waals surface area contributed by atoms with Gasteiger partial charge >= 0.3 is 5.97 Å². The van der Waals surface area contributed by atoms with E-state index in [0.717, 1.165) is 18.9 Å². The van der Waals surface area contributed by atoms with E-state index in [0.29, 0.717) is 13.0 Å². The maximum absolute atomic E-state index is 11.2. The number of unbranched alkanes of at least 4 members (excludes halogenated alkanes) is 2. The summed E-state index contributed by atoms with van der Waals surface area (Å²) in [6.45, 7) is 6.99. The lowest BCUT2D eigenvalue weighted by atomic mass is 10.1. The van der Waals surface area contributed by atoms with Crippen molar-refractivity contribution in [2.75, 3.05) is 19.7 Å². The van der Waals surface area contributed by atoms with Crippen LogP contribution < -0.4 is 0 Å². The fourth-order valence-electron chi connectivity index (χ4n) is 2.86. The molecule has 0 atom stereocenters. The number of carbonyl (C=O) groups excluding carboxylic acids is 1. The Hall–Kier alpha value is -0.570. The lowest BCUT2D eigenvalue weighted by Gasteiger charge is -2.27. The van der Waals surface area contributed by atoms with E-state index in [2.05, 4.69) is 11.8 Å². The van der Waals surface area contributed by atoms with Crippen LogP contribution in [-0.2, 0) is 9.53 Å². The van der Waals surface area contributed by atoms with Crippen LogP contribution in [0.2, 0.25) is 0 Å². The van der Waals surface area contributed by atoms with Gasteiger partial charge in [0.2, 0.25) is 0 Å². The number of nitrogens with zero attached hydrogens (tertiary/aromatic N) is 1. The molecule has 3 nitrogen and oxygen atoms in total. The summed E-state index contributed by atoms with van der Waals surface area (Å²) in [5.41, 5.74) is 0. The summed E-state index contributed by atoms with van der Waals surface area (Å²) in [5, 5.41) is 0. The predicted octanol–water partition coefficient (Wildman–Crippen LogP) is 3.37. The van der Waals surface area contributed by atoms with Crippen molar-refractivity contribution >= 4 is 5.97 Å². The quantitative estimate of drug-likeness (QED) is 0.467. The predicted molar refractivity (Wildman–Crippen MR) is 74.6 cm³/mol. The second-order valence-corrected chi connectivity index (χ2v) is 5.18. The SMILES string of the molecule is CCOC(=O)CCCCCN(CC)C1CCCC1. The minimum atomic E-state index is -0.0411. The summed E-state index contributed by atoms with van der Waals surface area (Å²) >= 11 is 0. The first kappa shape index (κ1) is 15.5. The number of carbonyl (C=O) groups is 1. The van der Waals surface area contributed by atoms with Crippen LogP contribution in [0.15, 0.2) is 0 Å². The molecule has 1 aliphatic carbocycles. The highest BCUT2D eigenvalue weighted by molar-refractivity contribution is 5.69. The third-order valence-electron chi connectivity index (χ3n) is 3.88. The molecule has 1 aliphatic rings. The molecule has 0 aliphatic heterocycles. The zero-order valence-electron chi connectivity index (χ0n) is 12.1. The smallest absolute Gasteiger partial charge is 0.305 e. The normalized spacial score (nSPS) is 16.4. The van der Waals surface area contributed by atoms with Gasteiger partial charge in [0.05, 0.1) is 6.61 Å². The highest BCUT2D eigenvalue weighted by Gasteiger charge is 2.20. The Balaban J connectivity index is 2.03. The third kappa shape index (κ3) is 5.85. The number of ether oxygens (including phenoxy) is 1. The van der Waals surface area contributed by atoms with E-state index >= 15 is 0 Å². The van der Waals surface area contributed by atoms with Crippen molar-refractivity contribution in [3.05, 3.63) is 0 Å². The molecular formula is C15H29NO2. The summed E-state index contributed by atoms with van der Waals surface area (Å²) in [6, 6.07) is 0.833. The molecule has 18 heavy (non-hydrogen) atoms. The van der Waals surface area contributed by atoms with E-state index in [1.165, 1.54) is 45.2 Å². The first-order chi connectivity index (χ1) is 8.77. The summed E-state index contributed by atoms with van der Waals surface area (Å²) in [7, 11) is 0. The Labute approximate surface area is 112 Å². The fourth-order valence-corrected chi connectivity index (χ4v) is 2.86. The molecule has 3 heteroatoms. The number of esters is 1. The summed E-state index contributed by atoms with van der Waals surface area (Å²) < 4.78 is 4.92. The largest absolute Gasteiger partial charge is 0.466 e. The van der Waals surface area contributed by atoms with E-state index in [-0.39, 0.29) is 5.97 Å². The van der Waals surface area contributed by atoms with Gasteiger partial charge in [0, 0.05) is 12.5 Å². The lowest BCUT2D eigenvalue weighted by Crippen LogP contribution is -2.33. The minimum absolute atomic E-state index is 0.0411. The van der Waals surface area contributed by atoms with Crippen molar-refractivity contribution in [3.63, 3.8) is 0 Å². The number of hydrogen-bond acceptors (Lipinski definition) is 3. The van der Waals surface area contributed by atoms with Crippen LogP contribution in [0.1, 0.15) is 65.2 Å². The van der Waals surface area contributed by atoms with Gasteiger partial charge in [0.1, 0.15) is 0 Å². The van der Waals surface area contributed by atoms with Gasteiger partial charge in [-0.25, -0.2) is 0 Å². The minimum Gasteiger partial charge on any atom is -0.466 e. The Kier molecular flexibility index (Phi) is 8.06. The summed E-state index contributed by atoms with van der Waals surface area (Å²) in [4.78, 5) is 13.8. The van der Waals surface area contributed by atoms with Crippen molar-refractivity contribution < 1.29 is 9.53 Å². The maximum Gasteiger partial charge on any atom is 0.305 e. The van der Waals surface area contributed by atoms with Crippen molar-refractivity contribution in [1.82, 2.24) is 4.90 Å². The monoisotopic (exact) mass is 255 g/mol. The average Bonchev–Trinajstić information content (AvgIpc) is 2.88. The Morgan fingerprint density at radius 1 is 1.17 bits per heavy atom. The molecule has 106 valence electrons. The molecule has 1 saturated carbocycles. The van der Waals surface area contributed by atoms with Gasteiger partial charge in [0.25, 0.3) is 0 Å². The van der Waals surface area contributed by atoms with Crippen LogP contribution in [0, 0.1) is 0 Å². The van der Waals surface area contributed by atoms with Crippen molar-refractivity contribution in [2.24, 2.45) is 0 Å². The molecule has 0 heterocycles. The van der Waals surface area contributed by atoms with E-state index in [1.54, 1.807) is 0 Å². The van der Waals surface area contributed by atoms with Crippen LogP contribution in [-0.4, -0.2) is 36.6 Å². The first-order valence-corrected chi connectivity index (χ1v) is 7.67. The maximum atomic E-state index is 11.2. The number of hydrogen-bond donors (Lipinski definition) is 0. The second kappa shape index (κ2) is 9.37. The molecule has 0 spiro atoms. The lowest BCUT2D eigenvalue weighted by molar-refractivity contribution is -0.143. The third-order valence-corrected chi connectivity index (χ3v) is 3.88. The van der Waals surface area contributed by atoms with Gasteiger partial charge < -0.3 is 9.64 Å². The molecule has 1 fully saturated rings. The Bertz CT molecular complexity index is 225. The molecule has 0 aromatic rings. The van der Waals surface area contributed by atoms with Gasteiger partial charge in [-0.3, -0.25) is 4.79 Å². The fraction of sp³-hybridized carbons (Fsp3) is 0.933. The molecule has 0 radical (unpaired) electrons. The molecule has 0 amide bonds. The van der Waals surface area contributed by atoms with E-state index in [9.17, 15) is 4.79 Å². The summed E-state index contributed by atoms with van der Waals surface area (Å²) in [6.07, 6.45) is 9.50. The molecule has 0 saturated heterocycles. The van der Waals surface area contributed by atoms with Crippen LogP contribution in [0.3, 0.4) is 0 Å². The Morgan fingerprint density at radius 2 is 1.89 bits per heavy atom. The van der Waals surface area contributed by atoms with Gasteiger partial charge in [-0.2, -0.15) is 0 Å². The topological polar surface area (TPSA) is 29.5 Å². The number of rotatable bonds is 9. The van der Waals surface area contributed by atoms with Crippen LogP contribution in [0.5, 0.6) is 0 Å². The molecule has 0 unspecified atom stereocenters. The van der Waals surface area contributed by atoms with Crippen molar-refractivity contribution in [2.45, 2.75) is 71.3 Å². The molecular weight excluding hydrogens is 226 g/mol. The van der Waals surface area contributed by atoms with Crippen LogP contribution in [0.25, 0.3) is 0 Å². The highest BCUT2D eigenvalue weighted by Crippen LogP contribution is 2.23. The zero-order valence-corrected chi connectivity index (χ0v) is 12.1. The van der Waals surface area contributed by atoms with Gasteiger partial charge in [-0.1, -0.05) is 26.2 Å². The second-order valence-electron chi connectivity index (χ2n) is 5.18. The average molecular weight is 255 g/mol. The van der Waals surface area contributed by atoms with Crippen LogP contribution >= 0.6 is 0 Å². The highest BCUT2D eigenvalue weighted by atomic mass is 16.5. The van der Waals surface area contributed by atoms with Gasteiger partial charge in [0.15, 0.2) is 0 Å².